The van der Waals surface area contributed by atoms with Crippen LogP contribution < -0.4 is 0 Å². The van der Waals surface area contributed by atoms with Crippen molar-refractivity contribution >= 4 is 5.97 Å². The first kappa shape index (κ1) is 9.18. The van der Waals surface area contributed by atoms with Crippen molar-refractivity contribution in [2.45, 2.75) is 6.10 Å². The fourth-order valence-corrected chi connectivity index (χ4v) is 0.950. The Balaban J connectivity index is 1.77. The van der Waals surface area contributed by atoms with Gasteiger partial charge in [0.15, 0.2) is 0 Å². The van der Waals surface area contributed by atoms with E-state index in [-0.39, 0.29) is 6.10 Å². The van der Waals surface area contributed by atoms with Crippen LogP contribution in [-0.2, 0) is 14.5 Å². The molecule has 0 amide bonds. The van der Waals surface area contributed by atoms with Crippen LogP contribution in [0, 0.1) is 0 Å². The molecule has 1 aromatic carbocycles. The van der Waals surface area contributed by atoms with Gasteiger partial charge in [0.25, 0.3) is 0 Å². The molecular weight excluding hydrogens is 184 g/mol. The van der Waals surface area contributed by atoms with Crippen LogP contribution in [0.4, 0.5) is 0 Å². The maximum atomic E-state index is 11.3. The molecule has 0 aliphatic carbocycles. The summed E-state index contributed by atoms with van der Waals surface area (Å²) in [5, 5.41) is 0. The topological polar surface area (TPSA) is 48.1 Å². The highest BCUT2D eigenvalue weighted by Gasteiger charge is 2.23. The summed E-state index contributed by atoms with van der Waals surface area (Å²) < 4.78 is 4.88. The largest absolute Gasteiger partial charge is 0.373 e. The zero-order chi connectivity index (χ0) is 9.80. The summed E-state index contributed by atoms with van der Waals surface area (Å²) in [7, 11) is 0. The van der Waals surface area contributed by atoms with Gasteiger partial charge in [0.2, 0.25) is 0 Å². The predicted octanol–water partition coefficient (Wildman–Crippen LogP) is 1.17. The molecule has 1 fully saturated rings. The molecule has 4 nitrogen and oxygen atoms in total. The second kappa shape index (κ2) is 4.21. The van der Waals surface area contributed by atoms with Crippen LogP contribution in [0.3, 0.4) is 0 Å². The van der Waals surface area contributed by atoms with Crippen LogP contribution >= 0.6 is 0 Å². The summed E-state index contributed by atoms with van der Waals surface area (Å²) in [6, 6.07) is 8.69. The minimum absolute atomic E-state index is 0.0959. The third kappa shape index (κ3) is 2.55. The summed E-state index contributed by atoms with van der Waals surface area (Å²) in [5.74, 6) is -0.480. The Hall–Kier alpha value is -1.39. The van der Waals surface area contributed by atoms with Gasteiger partial charge >= 0.3 is 5.97 Å². The van der Waals surface area contributed by atoms with Crippen LogP contribution in [0.15, 0.2) is 30.3 Å². The SMILES string of the molecule is O=C(OOCC1CO1)c1ccccc1. The molecule has 0 spiro atoms. The highest BCUT2D eigenvalue weighted by atomic mass is 17.2. The van der Waals surface area contributed by atoms with Gasteiger partial charge < -0.3 is 4.74 Å². The average Bonchev–Trinajstić information content (AvgIpc) is 3.03. The number of benzene rings is 1. The third-order valence-corrected chi connectivity index (χ3v) is 1.80. The molecule has 1 aliphatic heterocycles. The summed E-state index contributed by atoms with van der Waals surface area (Å²) in [6.07, 6.45) is 0.0959. The molecule has 2 rings (SSSR count). The van der Waals surface area contributed by atoms with Gasteiger partial charge in [-0.05, 0) is 12.1 Å². The van der Waals surface area contributed by atoms with E-state index in [9.17, 15) is 4.79 Å². The van der Waals surface area contributed by atoms with Crippen molar-refractivity contribution in [3.05, 3.63) is 35.9 Å². The quantitative estimate of drug-likeness (QED) is 0.410. The first-order valence-electron chi connectivity index (χ1n) is 4.37. The number of hydrogen-bond donors (Lipinski definition) is 0. The molecule has 0 N–H and O–H groups in total. The summed E-state index contributed by atoms with van der Waals surface area (Å²) in [4.78, 5) is 20.5. The molecule has 1 heterocycles. The van der Waals surface area contributed by atoms with E-state index < -0.39 is 5.97 Å². The Morgan fingerprint density at radius 1 is 1.43 bits per heavy atom. The van der Waals surface area contributed by atoms with E-state index in [0.29, 0.717) is 18.8 Å². The number of carbonyl (C=O) groups is 1. The zero-order valence-corrected chi connectivity index (χ0v) is 7.51. The van der Waals surface area contributed by atoms with E-state index in [1.807, 2.05) is 6.07 Å². The van der Waals surface area contributed by atoms with Gasteiger partial charge in [0.05, 0.1) is 12.2 Å². The Morgan fingerprint density at radius 3 is 2.79 bits per heavy atom. The highest BCUT2D eigenvalue weighted by molar-refractivity contribution is 5.88. The monoisotopic (exact) mass is 194 g/mol. The normalized spacial score (nSPS) is 19.0. The molecule has 1 aliphatic rings. The number of ether oxygens (including phenoxy) is 1. The van der Waals surface area contributed by atoms with Crippen LogP contribution in [-0.4, -0.2) is 25.3 Å². The third-order valence-electron chi connectivity index (χ3n) is 1.80. The van der Waals surface area contributed by atoms with Crippen molar-refractivity contribution in [2.75, 3.05) is 13.2 Å². The smallest absolute Gasteiger partial charge is 0.370 e. The van der Waals surface area contributed by atoms with Crippen molar-refractivity contribution in [3.8, 4) is 0 Å². The maximum Gasteiger partial charge on any atom is 0.373 e. The Labute approximate surface area is 81.3 Å². The van der Waals surface area contributed by atoms with Gasteiger partial charge in [-0.1, -0.05) is 18.2 Å². The first-order valence-corrected chi connectivity index (χ1v) is 4.37. The van der Waals surface area contributed by atoms with E-state index in [1.54, 1.807) is 24.3 Å². The van der Waals surface area contributed by atoms with E-state index in [2.05, 4.69) is 4.89 Å². The molecule has 0 radical (unpaired) electrons. The second-order valence-electron chi connectivity index (χ2n) is 2.98. The van der Waals surface area contributed by atoms with Crippen molar-refractivity contribution in [2.24, 2.45) is 0 Å². The lowest BCUT2D eigenvalue weighted by Gasteiger charge is -2.01. The molecule has 1 atom stereocenters. The highest BCUT2D eigenvalue weighted by Crippen LogP contribution is 2.09. The van der Waals surface area contributed by atoms with E-state index in [4.69, 9.17) is 9.62 Å². The van der Waals surface area contributed by atoms with Gasteiger partial charge in [-0.2, -0.15) is 4.89 Å². The van der Waals surface area contributed by atoms with Crippen molar-refractivity contribution < 1.29 is 19.3 Å². The number of rotatable bonds is 4. The molecular formula is C10H10O4. The van der Waals surface area contributed by atoms with Crippen LogP contribution in [0.2, 0.25) is 0 Å². The molecule has 0 bridgehead atoms. The molecule has 1 saturated heterocycles. The van der Waals surface area contributed by atoms with Gasteiger partial charge in [-0.15, -0.1) is 0 Å². The molecule has 1 aromatic rings. The van der Waals surface area contributed by atoms with Crippen molar-refractivity contribution in [3.63, 3.8) is 0 Å². The van der Waals surface area contributed by atoms with Crippen LogP contribution in [0.1, 0.15) is 10.4 Å². The number of epoxide rings is 1. The number of carbonyl (C=O) groups excluding carboxylic acids is 1. The van der Waals surface area contributed by atoms with Gasteiger partial charge in [-0.25, -0.2) is 4.79 Å². The fraction of sp³-hybridized carbons (Fsp3) is 0.300. The second-order valence-corrected chi connectivity index (χ2v) is 2.98. The van der Waals surface area contributed by atoms with E-state index in [1.165, 1.54) is 0 Å². The van der Waals surface area contributed by atoms with Crippen molar-refractivity contribution in [1.29, 1.82) is 0 Å². The fourth-order valence-electron chi connectivity index (χ4n) is 0.950. The van der Waals surface area contributed by atoms with Crippen molar-refractivity contribution in [1.82, 2.24) is 0 Å². The average molecular weight is 194 g/mol. The number of hydrogen-bond acceptors (Lipinski definition) is 4. The molecule has 0 aromatic heterocycles. The van der Waals surface area contributed by atoms with Gasteiger partial charge in [-0.3, -0.25) is 4.89 Å². The lowest BCUT2D eigenvalue weighted by atomic mass is 10.2. The van der Waals surface area contributed by atoms with E-state index >= 15 is 0 Å². The minimum Gasteiger partial charge on any atom is -0.370 e. The lowest BCUT2D eigenvalue weighted by Crippen LogP contribution is -2.09. The molecule has 14 heavy (non-hydrogen) atoms. The zero-order valence-electron chi connectivity index (χ0n) is 7.51. The molecule has 4 heteroatoms. The molecule has 74 valence electrons. The van der Waals surface area contributed by atoms with Crippen LogP contribution in [0.5, 0.6) is 0 Å². The van der Waals surface area contributed by atoms with Gasteiger partial charge in [0.1, 0.15) is 12.7 Å². The first-order chi connectivity index (χ1) is 6.86. The predicted molar refractivity (Wildman–Crippen MR) is 47.5 cm³/mol. The van der Waals surface area contributed by atoms with Gasteiger partial charge in [0, 0.05) is 0 Å². The molecule has 0 saturated carbocycles. The summed E-state index contributed by atoms with van der Waals surface area (Å²) in [6.45, 7) is 0.988. The Bertz CT molecular complexity index is 305. The lowest BCUT2D eigenvalue weighted by molar-refractivity contribution is -0.242. The minimum atomic E-state index is -0.480. The summed E-state index contributed by atoms with van der Waals surface area (Å²) in [5.41, 5.74) is 0.476. The van der Waals surface area contributed by atoms with Crippen LogP contribution in [0.25, 0.3) is 0 Å². The Kier molecular flexibility index (Phi) is 2.76. The maximum absolute atomic E-state index is 11.3. The Morgan fingerprint density at radius 2 is 2.14 bits per heavy atom. The molecule has 1 unspecified atom stereocenters. The van der Waals surface area contributed by atoms with E-state index in [0.717, 1.165) is 0 Å². The summed E-state index contributed by atoms with van der Waals surface area (Å²) >= 11 is 0. The standard InChI is InChI=1S/C10H10O4/c11-10(8-4-2-1-3-5-8)14-13-7-9-6-12-9/h1-5,9H,6-7H2.